The van der Waals surface area contributed by atoms with Gasteiger partial charge in [0, 0.05) is 12.8 Å². The number of unbranched alkanes of at least 4 members (excludes halogenated alkanes) is 2. The van der Waals surface area contributed by atoms with E-state index in [2.05, 4.69) is 0 Å². The van der Waals surface area contributed by atoms with Crippen LogP contribution in [0, 0.1) is 0 Å². The molecule has 5 unspecified atom stereocenters. The van der Waals surface area contributed by atoms with Crippen LogP contribution in [0.1, 0.15) is 64.7 Å². The Morgan fingerprint density at radius 3 is 2.67 bits per heavy atom. The molecule has 6 nitrogen and oxygen atoms in total. The maximum atomic E-state index is 10.4. The molecular formula is C18H32O6. The first kappa shape index (κ1) is 21.1. The van der Waals surface area contributed by atoms with Gasteiger partial charge >= 0.3 is 5.97 Å². The molecule has 1 fully saturated rings. The number of aliphatic hydroxyl groups excluding tert-OH is 3. The first-order chi connectivity index (χ1) is 11.4. The van der Waals surface area contributed by atoms with Gasteiger partial charge in [-0.1, -0.05) is 31.9 Å². The summed E-state index contributed by atoms with van der Waals surface area (Å²) in [5, 5.41) is 38.1. The van der Waals surface area contributed by atoms with Crippen molar-refractivity contribution in [1.29, 1.82) is 0 Å². The average Bonchev–Trinajstić information content (AvgIpc) is 2.91. The summed E-state index contributed by atoms with van der Waals surface area (Å²) in [4.78, 5) is 10.4. The quantitative estimate of drug-likeness (QED) is 0.319. The van der Waals surface area contributed by atoms with E-state index in [0.717, 1.165) is 12.8 Å². The van der Waals surface area contributed by atoms with Gasteiger partial charge in [0.1, 0.15) is 0 Å². The summed E-state index contributed by atoms with van der Waals surface area (Å²) in [6.45, 7) is 1.89. The fourth-order valence-corrected chi connectivity index (χ4v) is 2.92. The Bertz CT molecular complexity index is 384. The van der Waals surface area contributed by atoms with Crippen molar-refractivity contribution in [2.75, 3.05) is 0 Å². The number of carbonyl (C=O) groups is 1. The van der Waals surface area contributed by atoms with Crippen molar-refractivity contribution in [3.8, 4) is 0 Å². The molecule has 1 aliphatic heterocycles. The van der Waals surface area contributed by atoms with E-state index in [-0.39, 0.29) is 18.6 Å². The van der Waals surface area contributed by atoms with Gasteiger partial charge in [-0.15, -0.1) is 0 Å². The molecule has 1 rings (SSSR count). The highest BCUT2D eigenvalue weighted by molar-refractivity contribution is 5.66. The van der Waals surface area contributed by atoms with E-state index in [4.69, 9.17) is 9.84 Å². The predicted octanol–water partition coefficient (Wildman–Crippen LogP) is 2.01. The maximum absolute atomic E-state index is 10.4. The van der Waals surface area contributed by atoms with Crippen LogP contribution >= 0.6 is 0 Å². The van der Waals surface area contributed by atoms with Crippen LogP contribution in [-0.2, 0) is 9.53 Å². The Hall–Kier alpha value is -0.950. The second-order valence-electron chi connectivity index (χ2n) is 6.58. The van der Waals surface area contributed by atoms with Crippen LogP contribution in [0.2, 0.25) is 0 Å². The minimum Gasteiger partial charge on any atom is -0.481 e. The van der Waals surface area contributed by atoms with E-state index in [1.54, 1.807) is 0 Å². The van der Waals surface area contributed by atoms with Crippen molar-refractivity contribution in [3.63, 3.8) is 0 Å². The van der Waals surface area contributed by atoms with Gasteiger partial charge < -0.3 is 25.2 Å². The third-order valence-corrected chi connectivity index (χ3v) is 4.47. The van der Waals surface area contributed by atoms with Gasteiger partial charge in [-0.05, 0) is 32.1 Å². The van der Waals surface area contributed by atoms with Crippen LogP contribution in [0.5, 0.6) is 0 Å². The van der Waals surface area contributed by atoms with Crippen molar-refractivity contribution in [2.24, 2.45) is 0 Å². The number of rotatable bonds is 12. The molecule has 24 heavy (non-hydrogen) atoms. The molecular weight excluding hydrogens is 312 g/mol. The Morgan fingerprint density at radius 1 is 1.25 bits per heavy atom. The van der Waals surface area contributed by atoms with Crippen molar-refractivity contribution < 1.29 is 30.0 Å². The standard InChI is InChI=1S/C18H32O6/c1-2-14(20)17-12-15(21)16(24-17)10-7-6-9-13(19)8-4-3-5-11-18(22)23/h6-7,13-17,19-21H,2-5,8-12H2,1H3,(H,22,23)/b7-6-. The molecule has 0 radical (unpaired) electrons. The first-order valence-electron chi connectivity index (χ1n) is 9.00. The molecule has 0 bridgehead atoms. The summed E-state index contributed by atoms with van der Waals surface area (Å²) in [6.07, 6.45) is 7.04. The van der Waals surface area contributed by atoms with Crippen LogP contribution in [-0.4, -0.2) is 56.9 Å². The summed E-state index contributed by atoms with van der Waals surface area (Å²) in [7, 11) is 0. The van der Waals surface area contributed by atoms with Crippen molar-refractivity contribution >= 4 is 5.97 Å². The number of carboxylic acids is 1. The number of aliphatic carboxylic acids is 1. The molecule has 0 spiro atoms. The molecule has 1 aliphatic rings. The van der Waals surface area contributed by atoms with Gasteiger partial charge in [0.15, 0.2) is 0 Å². The second-order valence-corrected chi connectivity index (χ2v) is 6.58. The Kier molecular flexibility index (Phi) is 10.2. The monoisotopic (exact) mass is 344 g/mol. The third-order valence-electron chi connectivity index (χ3n) is 4.47. The van der Waals surface area contributed by atoms with Crippen molar-refractivity contribution in [2.45, 2.75) is 95.2 Å². The SMILES string of the molecule is CCC(O)C1CC(O)C(C/C=C\CC(O)CCCCCC(=O)O)O1. The highest BCUT2D eigenvalue weighted by Gasteiger charge is 2.36. The van der Waals surface area contributed by atoms with Crippen molar-refractivity contribution in [1.82, 2.24) is 0 Å². The predicted molar refractivity (Wildman–Crippen MR) is 90.7 cm³/mol. The minimum atomic E-state index is -0.775. The number of aliphatic hydroxyl groups is 3. The average molecular weight is 344 g/mol. The zero-order valence-electron chi connectivity index (χ0n) is 14.5. The zero-order chi connectivity index (χ0) is 17.9. The summed E-state index contributed by atoms with van der Waals surface area (Å²) in [6, 6.07) is 0. The lowest BCUT2D eigenvalue weighted by Crippen LogP contribution is -2.25. The third kappa shape index (κ3) is 8.24. The highest BCUT2D eigenvalue weighted by Crippen LogP contribution is 2.26. The van der Waals surface area contributed by atoms with Gasteiger partial charge in [0.05, 0.1) is 30.5 Å². The van der Waals surface area contributed by atoms with Gasteiger partial charge in [-0.3, -0.25) is 4.79 Å². The molecule has 0 amide bonds. The lowest BCUT2D eigenvalue weighted by Gasteiger charge is -2.16. The van der Waals surface area contributed by atoms with E-state index in [1.165, 1.54) is 0 Å². The van der Waals surface area contributed by atoms with E-state index >= 15 is 0 Å². The largest absolute Gasteiger partial charge is 0.481 e. The Balaban J connectivity index is 2.13. The van der Waals surface area contributed by atoms with Gasteiger partial charge in [0.25, 0.3) is 0 Å². The van der Waals surface area contributed by atoms with E-state index in [1.807, 2.05) is 19.1 Å². The van der Waals surface area contributed by atoms with Gasteiger partial charge in [-0.25, -0.2) is 0 Å². The molecule has 0 aromatic heterocycles. The summed E-state index contributed by atoms with van der Waals surface area (Å²) in [5.74, 6) is -0.775. The molecule has 140 valence electrons. The molecule has 1 saturated heterocycles. The van der Waals surface area contributed by atoms with Gasteiger partial charge in [0.2, 0.25) is 0 Å². The number of hydrogen-bond acceptors (Lipinski definition) is 5. The molecule has 6 heteroatoms. The first-order valence-corrected chi connectivity index (χ1v) is 9.00. The van der Waals surface area contributed by atoms with Crippen LogP contribution < -0.4 is 0 Å². The number of ether oxygens (including phenoxy) is 1. The van der Waals surface area contributed by atoms with Crippen LogP contribution in [0.3, 0.4) is 0 Å². The maximum Gasteiger partial charge on any atom is 0.303 e. The summed E-state index contributed by atoms with van der Waals surface area (Å²) < 4.78 is 5.68. The van der Waals surface area contributed by atoms with Crippen molar-refractivity contribution in [3.05, 3.63) is 12.2 Å². The lowest BCUT2D eigenvalue weighted by atomic mass is 10.0. The summed E-state index contributed by atoms with van der Waals surface area (Å²) in [5.41, 5.74) is 0. The van der Waals surface area contributed by atoms with E-state index in [0.29, 0.717) is 38.5 Å². The zero-order valence-corrected chi connectivity index (χ0v) is 14.5. The van der Waals surface area contributed by atoms with E-state index in [9.17, 15) is 20.1 Å². The molecule has 1 heterocycles. The fourth-order valence-electron chi connectivity index (χ4n) is 2.92. The normalized spacial score (nSPS) is 26.8. The molecule has 0 aromatic rings. The smallest absolute Gasteiger partial charge is 0.303 e. The summed E-state index contributed by atoms with van der Waals surface area (Å²) >= 11 is 0. The molecule has 0 aromatic carbocycles. The molecule has 0 aliphatic carbocycles. The van der Waals surface area contributed by atoms with Crippen LogP contribution in [0.15, 0.2) is 12.2 Å². The highest BCUT2D eigenvalue weighted by atomic mass is 16.5. The van der Waals surface area contributed by atoms with Crippen LogP contribution in [0.4, 0.5) is 0 Å². The van der Waals surface area contributed by atoms with Crippen LogP contribution in [0.25, 0.3) is 0 Å². The Labute approximate surface area is 144 Å². The lowest BCUT2D eigenvalue weighted by molar-refractivity contribution is -0.137. The fraction of sp³-hybridized carbons (Fsp3) is 0.833. The molecule has 5 atom stereocenters. The Morgan fingerprint density at radius 2 is 2.00 bits per heavy atom. The number of carboxylic acid groups (broad SMARTS) is 1. The molecule has 4 N–H and O–H groups in total. The second kappa shape index (κ2) is 11.6. The van der Waals surface area contributed by atoms with E-state index < -0.39 is 24.3 Å². The van der Waals surface area contributed by atoms with Gasteiger partial charge in [-0.2, -0.15) is 0 Å². The minimum absolute atomic E-state index is 0.188. The molecule has 0 saturated carbocycles. The topological polar surface area (TPSA) is 107 Å². The number of hydrogen-bond donors (Lipinski definition) is 4.